The van der Waals surface area contributed by atoms with Crippen molar-refractivity contribution in [2.75, 3.05) is 12.4 Å². The average molecular weight is 451 g/mol. The molecular formula is C17H13Br2N3O2. The van der Waals surface area contributed by atoms with Crippen LogP contribution in [0.15, 0.2) is 63.7 Å². The summed E-state index contributed by atoms with van der Waals surface area (Å²) in [5, 5.41) is 7.16. The Morgan fingerprint density at radius 3 is 2.58 bits per heavy atom. The lowest BCUT2D eigenvalue weighted by molar-refractivity contribution is 0.102. The molecule has 1 heterocycles. The first-order valence-electron chi connectivity index (χ1n) is 7.03. The monoisotopic (exact) mass is 449 g/mol. The summed E-state index contributed by atoms with van der Waals surface area (Å²) in [5.74, 6) is 0.490. The van der Waals surface area contributed by atoms with Crippen molar-refractivity contribution in [3.63, 3.8) is 0 Å². The first kappa shape index (κ1) is 16.7. The summed E-state index contributed by atoms with van der Waals surface area (Å²) in [4.78, 5) is 12.4. The van der Waals surface area contributed by atoms with E-state index in [1.807, 2.05) is 42.5 Å². The molecule has 1 amide bonds. The highest BCUT2D eigenvalue weighted by Crippen LogP contribution is 2.26. The Bertz CT molecular complexity index is 876. The number of ether oxygens (including phenoxy) is 1. The average Bonchev–Trinajstić information content (AvgIpc) is 3.08. The number of hydrogen-bond donors (Lipinski definition) is 1. The zero-order valence-electron chi connectivity index (χ0n) is 12.7. The van der Waals surface area contributed by atoms with Gasteiger partial charge in [0.05, 0.1) is 18.5 Å². The Balaban J connectivity index is 1.79. The predicted octanol–water partition coefficient (Wildman–Crippen LogP) is 4.66. The lowest BCUT2D eigenvalue weighted by atomic mass is 10.3. The zero-order chi connectivity index (χ0) is 17.1. The van der Waals surface area contributed by atoms with Crippen molar-refractivity contribution in [2.24, 2.45) is 0 Å². The number of nitrogens with one attached hydrogen (secondary N) is 1. The standard InChI is InChI=1S/C17H13Br2N3O2/c1-24-13-5-3-12(4-6-13)22-9-8-15(21-22)17(23)20-16-10-11(18)2-7-14(16)19/h2-10H,1H3,(H,20,23). The molecule has 1 aromatic heterocycles. The maximum atomic E-state index is 12.4. The topological polar surface area (TPSA) is 56.1 Å². The predicted molar refractivity (Wildman–Crippen MR) is 99.9 cm³/mol. The molecule has 0 fully saturated rings. The molecule has 7 heteroatoms. The van der Waals surface area contributed by atoms with Gasteiger partial charge in [0.25, 0.3) is 5.91 Å². The van der Waals surface area contributed by atoms with Crippen molar-refractivity contribution in [3.8, 4) is 11.4 Å². The van der Waals surface area contributed by atoms with Crippen LogP contribution in [0, 0.1) is 0 Å². The number of aromatic nitrogens is 2. The second kappa shape index (κ2) is 7.19. The molecule has 0 bridgehead atoms. The number of carbonyl (C=O) groups is 1. The van der Waals surface area contributed by atoms with Gasteiger partial charge in [-0.05, 0) is 64.5 Å². The molecule has 122 valence electrons. The van der Waals surface area contributed by atoms with E-state index in [1.54, 1.807) is 24.1 Å². The van der Waals surface area contributed by atoms with Crippen molar-refractivity contribution in [2.45, 2.75) is 0 Å². The van der Waals surface area contributed by atoms with E-state index in [0.717, 1.165) is 20.4 Å². The highest BCUT2D eigenvalue weighted by Gasteiger charge is 2.12. The van der Waals surface area contributed by atoms with Crippen LogP contribution in [0.4, 0.5) is 5.69 Å². The molecule has 0 aliphatic rings. The van der Waals surface area contributed by atoms with Crippen LogP contribution in [0.3, 0.4) is 0 Å². The Morgan fingerprint density at radius 1 is 1.12 bits per heavy atom. The molecule has 0 aliphatic heterocycles. The Hall–Kier alpha value is -2.12. The first-order chi connectivity index (χ1) is 11.6. The van der Waals surface area contributed by atoms with Gasteiger partial charge in [-0.25, -0.2) is 4.68 Å². The molecular weight excluding hydrogens is 438 g/mol. The number of nitrogens with zero attached hydrogens (tertiary/aromatic N) is 2. The molecule has 1 N–H and O–H groups in total. The number of methoxy groups -OCH3 is 1. The van der Waals surface area contributed by atoms with Crippen LogP contribution >= 0.6 is 31.9 Å². The normalized spacial score (nSPS) is 10.5. The number of anilines is 1. The molecule has 2 aromatic carbocycles. The van der Waals surface area contributed by atoms with Crippen molar-refractivity contribution >= 4 is 43.5 Å². The summed E-state index contributed by atoms with van der Waals surface area (Å²) >= 11 is 6.80. The van der Waals surface area contributed by atoms with Crippen molar-refractivity contribution < 1.29 is 9.53 Å². The van der Waals surface area contributed by atoms with E-state index in [1.165, 1.54) is 0 Å². The van der Waals surface area contributed by atoms with Crippen molar-refractivity contribution in [1.82, 2.24) is 9.78 Å². The summed E-state index contributed by atoms with van der Waals surface area (Å²) < 4.78 is 8.46. The SMILES string of the molecule is COc1ccc(-n2ccc(C(=O)Nc3cc(Br)ccc3Br)n2)cc1. The van der Waals surface area contributed by atoms with Gasteiger partial charge >= 0.3 is 0 Å². The number of hydrogen-bond acceptors (Lipinski definition) is 3. The van der Waals surface area contributed by atoms with Gasteiger partial charge in [0.15, 0.2) is 5.69 Å². The van der Waals surface area contributed by atoms with Crippen LogP contribution in [0.2, 0.25) is 0 Å². The first-order valence-corrected chi connectivity index (χ1v) is 8.62. The van der Waals surface area contributed by atoms with Gasteiger partial charge in [-0.15, -0.1) is 0 Å². The second-order valence-electron chi connectivity index (χ2n) is 4.92. The van der Waals surface area contributed by atoms with Crippen LogP contribution < -0.4 is 10.1 Å². The molecule has 0 spiro atoms. The molecule has 0 saturated carbocycles. The maximum absolute atomic E-state index is 12.4. The summed E-state index contributed by atoms with van der Waals surface area (Å²) in [6.45, 7) is 0. The van der Waals surface area contributed by atoms with Gasteiger partial charge in [0.1, 0.15) is 5.75 Å². The lowest BCUT2D eigenvalue weighted by Gasteiger charge is -2.06. The number of amides is 1. The fraction of sp³-hybridized carbons (Fsp3) is 0.0588. The minimum atomic E-state index is -0.277. The molecule has 0 atom stereocenters. The van der Waals surface area contributed by atoms with Crippen LogP contribution in [-0.4, -0.2) is 22.8 Å². The minimum Gasteiger partial charge on any atom is -0.497 e. The fourth-order valence-electron chi connectivity index (χ4n) is 2.10. The van der Waals surface area contributed by atoms with Gasteiger partial charge in [-0.2, -0.15) is 5.10 Å². The molecule has 3 rings (SSSR count). The summed E-state index contributed by atoms with van der Waals surface area (Å²) in [7, 11) is 1.62. The quantitative estimate of drug-likeness (QED) is 0.628. The van der Waals surface area contributed by atoms with Gasteiger partial charge in [-0.3, -0.25) is 4.79 Å². The molecule has 5 nitrogen and oxygen atoms in total. The van der Waals surface area contributed by atoms with E-state index in [9.17, 15) is 4.79 Å². The molecule has 3 aromatic rings. The second-order valence-corrected chi connectivity index (χ2v) is 6.69. The molecule has 0 radical (unpaired) electrons. The van der Waals surface area contributed by atoms with E-state index in [-0.39, 0.29) is 5.91 Å². The van der Waals surface area contributed by atoms with Crippen LogP contribution in [0.5, 0.6) is 5.75 Å². The number of carbonyl (C=O) groups excluding carboxylic acids is 1. The van der Waals surface area contributed by atoms with Crippen LogP contribution in [0.1, 0.15) is 10.5 Å². The molecule has 24 heavy (non-hydrogen) atoms. The van der Waals surface area contributed by atoms with E-state index in [0.29, 0.717) is 11.4 Å². The van der Waals surface area contributed by atoms with Crippen molar-refractivity contribution in [3.05, 3.63) is 69.4 Å². The Labute approximate surface area is 155 Å². The van der Waals surface area contributed by atoms with Gasteiger partial charge in [-0.1, -0.05) is 15.9 Å². The number of benzene rings is 2. The smallest absolute Gasteiger partial charge is 0.276 e. The number of halogens is 2. The molecule has 0 aliphatic carbocycles. The Morgan fingerprint density at radius 2 is 1.88 bits per heavy atom. The molecule has 0 unspecified atom stereocenters. The third-order valence-corrected chi connectivity index (χ3v) is 4.52. The third-order valence-electron chi connectivity index (χ3n) is 3.34. The fourth-order valence-corrected chi connectivity index (χ4v) is 2.81. The summed E-state index contributed by atoms with van der Waals surface area (Å²) in [5.41, 5.74) is 1.85. The summed E-state index contributed by atoms with van der Waals surface area (Å²) in [6, 6.07) is 14.7. The maximum Gasteiger partial charge on any atom is 0.276 e. The number of rotatable bonds is 4. The Kier molecular flexibility index (Phi) is 5.01. The minimum absolute atomic E-state index is 0.277. The van der Waals surface area contributed by atoms with Crippen LogP contribution in [-0.2, 0) is 0 Å². The lowest BCUT2D eigenvalue weighted by Crippen LogP contribution is -2.13. The van der Waals surface area contributed by atoms with Crippen LogP contribution in [0.25, 0.3) is 5.69 Å². The highest BCUT2D eigenvalue weighted by molar-refractivity contribution is 9.11. The van der Waals surface area contributed by atoms with Crippen molar-refractivity contribution in [1.29, 1.82) is 0 Å². The zero-order valence-corrected chi connectivity index (χ0v) is 15.8. The highest BCUT2D eigenvalue weighted by atomic mass is 79.9. The van der Waals surface area contributed by atoms with Gasteiger partial charge in [0, 0.05) is 15.1 Å². The van der Waals surface area contributed by atoms with Gasteiger partial charge in [0.2, 0.25) is 0 Å². The van der Waals surface area contributed by atoms with E-state index < -0.39 is 0 Å². The van der Waals surface area contributed by atoms with E-state index in [4.69, 9.17) is 4.74 Å². The third kappa shape index (κ3) is 3.68. The van der Waals surface area contributed by atoms with E-state index in [2.05, 4.69) is 42.3 Å². The van der Waals surface area contributed by atoms with E-state index >= 15 is 0 Å². The van der Waals surface area contributed by atoms with Gasteiger partial charge < -0.3 is 10.1 Å². The summed E-state index contributed by atoms with van der Waals surface area (Å²) in [6.07, 6.45) is 1.74. The largest absolute Gasteiger partial charge is 0.497 e. The molecule has 0 saturated heterocycles.